The first-order chi connectivity index (χ1) is 12.5. The molecule has 2 heterocycles. The summed E-state index contributed by atoms with van der Waals surface area (Å²) < 4.78 is 0. The zero-order valence-electron chi connectivity index (χ0n) is 15.1. The Labute approximate surface area is 164 Å². The number of halogens is 2. The average molecular weight is 398 g/mol. The van der Waals surface area contributed by atoms with E-state index < -0.39 is 0 Å². The molecular formula is C19H25Cl2N3O2. The molecule has 2 amide bonds. The van der Waals surface area contributed by atoms with Crippen molar-refractivity contribution in [3.63, 3.8) is 0 Å². The number of nitrogens with zero attached hydrogens (tertiary/aromatic N) is 3. The van der Waals surface area contributed by atoms with Crippen molar-refractivity contribution >= 4 is 35.0 Å². The Hall–Kier alpha value is -1.30. The van der Waals surface area contributed by atoms with Gasteiger partial charge in [0, 0.05) is 50.7 Å². The van der Waals surface area contributed by atoms with E-state index in [1.54, 1.807) is 23.1 Å². The van der Waals surface area contributed by atoms with E-state index in [0.717, 1.165) is 45.6 Å². The van der Waals surface area contributed by atoms with Gasteiger partial charge in [0.25, 0.3) is 5.91 Å². The maximum absolute atomic E-state index is 12.7. The molecule has 5 nitrogen and oxygen atoms in total. The second-order valence-corrected chi connectivity index (χ2v) is 7.77. The van der Waals surface area contributed by atoms with Crippen molar-refractivity contribution in [2.24, 2.45) is 5.92 Å². The van der Waals surface area contributed by atoms with E-state index in [1.807, 2.05) is 4.90 Å². The summed E-state index contributed by atoms with van der Waals surface area (Å²) in [5, 5.41) is 0.824. The minimum absolute atomic E-state index is 0.0287. The van der Waals surface area contributed by atoms with E-state index in [4.69, 9.17) is 23.2 Å². The quantitative estimate of drug-likeness (QED) is 0.786. The van der Waals surface area contributed by atoms with Crippen LogP contribution in [-0.4, -0.2) is 72.3 Å². The Balaban J connectivity index is 1.53. The zero-order chi connectivity index (χ0) is 18.7. The van der Waals surface area contributed by atoms with Crippen LogP contribution in [0.15, 0.2) is 18.2 Å². The number of hydrogen-bond acceptors (Lipinski definition) is 3. The summed E-state index contributed by atoms with van der Waals surface area (Å²) in [7, 11) is 0. The third-order valence-electron chi connectivity index (χ3n) is 5.43. The van der Waals surface area contributed by atoms with Gasteiger partial charge in [-0.1, -0.05) is 30.1 Å². The number of rotatable bonds is 3. The molecule has 1 aromatic rings. The fraction of sp³-hybridized carbons (Fsp3) is 0.579. The first-order valence-corrected chi connectivity index (χ1v) is 10.0. The van der Waals surface area contributed by atoms with E-state index in [1.165, 1.54) is 0 Å². The third-order valence-corrected chi connectivity index (χ3v) is 6.17. The lowest BCUT2D eigenvalue weighted by atomic mass is 9.94. The third kappa shape index (κ3) is 4.33. The van der Waals surface area contributed by atoms with Crippen LogP contribution in [0, 0.1) is 5.92 Å². The molecule has 2 aliphatic rings. The van der Waals surface area contributed by atoms with Crippen molar-refractivity contribution in [2.75, 3.05) is 45.8 Å². The molecule has 0 spiro atoms. The van der Waals surface area contributed by atoms with E-state index >= 15 is 0 Å². The smallest absolute Gasteiger partial charge is 0.253 e. The Morgan fingerprint density at radius 3 is 2.19 bits per heavy atom. The Morgan fingerprint density at radius 1 is 0.962 bits per heavy atom. The predicted octanol–water partition coefficient (Wildman–Crippen LogP) is 3.01. The predicted molar refractivity (Wildman–Crippen MR) is 104 cm³/mol. The number of likely N-dealkylation sites (N-methyl/N-ethyl adjacent to an activating group) is 1. The fourth-order valence-corrected chi connectivity index (χ4v) is 3.98. The lowest BCUT2D eigenvalue weighted by Gasteiger charge is -2.38. The van der Waals surface area contributed by atoms with Gasteiger partial charge in [-0.15, -0.1) is 0 Å². The number of carbonyl (C=O) groups excluding carboxylic acids is 2. The lowest BCUT2D eigenvalue weighted by Crippen LogP contribution is -2.51. The topological polar surface area (TPSA) is 43.9 Å². The van der Waals surface area contributed by atoms with Gasteiger partial charge in [-0.25, -0.2) is 0 Å². The molecule has 0 aliphatic carbocycles. The van der Waals surface area contributed by atoms with Crippen LogP contribution in [-0.2, 0) is 4.79 Å². The molecule has 142 valence electrons. The molecule has 3 rings (SSSR count). The molecule has 0 radical (unpaired) electrons. The lowest BCUT2D eigenvalue weighted by molar-refractivity contribution is -0.138. The van der Waals surface area contributed by atoms with Crippen LogP contribution < -0.4 is 0 Å². The monoisotopic (exact) mass is 397 g/mol. The minimum atomic E-state index is -0.0500. The first-order valence-electron chi connectivity index (χ1n) is 9.25. The number of piperazine rings is 1. The van der Waals surface area contributed by atoms with Gasteiger partial charge in [-0.3, -0.25) is 9.59 Å². The van der Waals surface area contributed by atoms with Gasteiger partial charge >= 0.3 is 0 Å². The van der Waals surface area contributed by atoms with Crippen molar-refractivity contribution in [3.05, 3.63) is 33.8 Å². The summed E-state index contributed by atoms with van der Waals surface area (Å²) in [5.74, 6) is 0.231. The van der Waals surface area contributed by atoms with Crippen LogP contribution in [0.1, 0.15) is 30.1 Å². The normalized spacial score (nSPS) is 19.7. The highest BCUT2D eigenvalue weighted by atomic mass is 35.5. The number of carbonyl (C=O) groups is 2. The minimum Gasteiger partial charge on any atom is -0.340 e. The molecule has 0 saturated carbocycles. The molecule has 0 bridgehead atoms. The van der Waals surface area contributed by atoms with Gasteiger partial charge < -0.3 is 14.7 Å². The molecule has 0 aromatic heterocycles. The number of likely N-dealkylation sites (tertiary alicyclic amines) is 1. The summed E-state index contributed by atoms with van der Waals surface area (Å²) in [6.07, 6.45) is 1.44. The summed E-state index contributed by atoms with van der Waals surface area (Å²) in [4.78, 5) is 31.5. The van der Waals surface area contributed by atoms with Crippen molar-refractivity contribution in [3.8, 4) is 0 Å². The first kappa shape index (κ1) is 19.5. The SMILES string of the molecule is CCN1CCN(C(=O)C2CCN(C(=O)c3ccc(Cl)c(Cl)c3)CC2)CC1. The molecular weight excluding hydrogens is 373 g/mol. The van der Waals surface area contributed by atoms with Gasteiger partial charge in [0.15, 0.2) is 0 Å². The Kier molecular flexibility index (Phi) is 6.43. The van der Waals surface area contributed by atoms with Crippen molar-refractivity contribution in [2.45, 2.75) is 19.8 Å². The van der Waals surface area contributed by atoms with Gasteiger partial charge in [-0.2, -0.15) is 0 Å². The number of benzene rings is 1. The Morgan fingerprint density at radius 2 is 1.62 bits per heavy atom. The molecule has 0 unspecified atom stereocenters. The van der Waals surface area contributed by atoms with Gasteiger partial charge in [0.1, 0.15) is 0 Å². The average Bonchev–Trinajstić information content (AvgIpc) is 2.69. The molecule has 26 heavy (non-hydrogen) atoms. The summed E-state index contributed by atoms with van der Waals surface area (Å²) in [5.41, 5.74) is 0.542. The van der Waals surface area contributed by atoms with Crippen LogP contribution in [0.5, 0.6) is 0 Å². The summed E-state index contributed by atoms with van der Waals surface area (Å²) in [6.45, 7) is 7.93. The number of hydrogen-bond donors (Lipinski definition) is 0. The van der Waals surface area contributed by atoms with E-state index in [2.05, 4.69) is 11.8 Å². The van der Waals surface area contributed by atoms with Gasteiger partial charge in [0.05, 0.1) is 10.0 Å². The standard InChI is InChI=1S/C19H25Cl2N3O2/c1-2-22-9-11-24(12-10-22)18(25)14-5-7-23(8-6-14)19(26)15-3-4-16(20)17(21)13-15/h3-4,13-14H,2,5-12H2,1H3. The van der Waals surface area contributed by atoms with Crippen LogP contribution in [0.2, 0.25) is 10.0 Å². The van der Waals surface area contributed by atoms with Crippen LogP contribution in [0.4, 0.5) is 0 Å². The van der Waals surface area contributed by atoms with Gasteiger partial charge in [0.2, 0.25) is 5.91 Å². The van der Waals surface area contributed by atoms with Gasteiger partial charge in [-0.05, 0) is 37.6 Å². The van der Waals surface area contributed by atoms with E-state index in [0.29, 0.717) is 28.7 Å². The highest BCUT2D eigenvalue weighted by molar-refractivity contribution is 6.42. The fourth-order valence-electron chi connectivity index (χ4n) is 3.68. The maximum Gasteiger partial charge on any atom is 0.253 e. The van der Waals surface area contributed by atoms with Crippen molar-refractivity contribution in [1.82, 2.24) is 14.7 Å². The number of piperidine rings is 1. The molecule has 2 saturated heterocycles. The molecule has 0 N–H and O–H groups in total. The summed E-state index contributed by atoms with van der Waals surface area (Å²) in [6, 6.07) is 4.95. The van der Waals surface area contributed by atoms with Crippen LogP contribution in [0.25, 0.3) is 0 Å². The maximum atomic E-state index is 12.7. The van der Waals surface area contributed by atoms with Crippen LogP contribution >= 0.6 is 23.2 Å². The Bertz CT molecular complexity index is 667. The second kappa shape index (κ2) is 8.59. The largest absolute Gasteiger partial charge is 0.340 e. The zero-order valence-corrected chi connectivity index (χ0v) is 16.6. The van der Waals surface area contributed by atoms with Crippen LogP contribution in [0.3, 0.4) is 0 Å². The second-order valence-electron chi connectivity index (χ2n) is 6.95. The molecule has 2 fully saturated rings. The highest BCUT2D eigenvalue weighted by Crippen LogP contribution is 2.25. The summed E-state index contributed by atoms with van der Waals surface area (Å²) >= 11 is 11.9. The molecule has 7 heteroatoms. The van der Waals surface area contributed by atoms with E-state index in [9.17, 15) is 9.59 Å². The van der Waals surface area contributed by atoms with Crippen molar-refractivity contribution in [1.29, 1.82) is 0 Å². The molecule has 0 atom stereocenters. The molecule has 2 aliphatic heterocycles. The number of amides is 2. The molecule has 1 aromatic carbocycles. The van der Waals surface area contributed by atoms with Crippen molar-refractivity contribution < 1.29 is 9.59 Å². The highest BCUT2D eigenvalue weighted by Gasteiger charge is 2.31. The van der Waals surface area contributed by atoms with E-state index in [-0.39, 0.29) is 17.7 Å².